The second-order valence-electron chi connectivity index (χ2n) is 10.2. The fourth-order valence-corrected chi connectivity index (χ4v) is 4.54. The van der Waals surface area contributed by atoms with E-state index in [9.17, 15) is 10.0 Å². The van der Waals surface area contributed by atoms with E-state index in [1.54, 1.807) is 0 Å². The first-order valence-electron chi connectivity index (χ1n) is 11.5. The van der Waals surface area contributed by atoms with Crippen LogP contribution in [0.5, 0.6) is 0 Å². The van der Waals surface area contributed by atoms with Gasteiger partial charge in [-0.25, -0.2) is 0 Å². The molecule has 0 aliphatic carbocycles. The SMILES string of the molecule is C=C(OC(C)(C)C)N1CCC(N(O)CCC2=C(C)C[C@H](C(=O)OC)[C@H](C(C)C)N2)CC1. The lowest BCUT2D eigenvalue weighted by molar-refractivity contribution is -0.147. The highest BCUT2D eigenvalue weighted by Gasteiger charge is 2.36. The van der Waals surface area contributed by atoms with E-state index in [2.05, 4.69) is 37.6 Å². The molecule has 0 bridgehead atoms. The number of nitrogens with zero attached hydrogens (tertiary/aromatic N) is 2. The molecule has 2 rings (SSSR count). The molecule has 0 aromatic carbocycles. The number of hydrogen-bond donors (Lipinski definition) is 2. The molecule has 2 aliphatic heterocycles. The molecule has 7 nitrogen and oxygen atoms in total. The van der Waals surface area contributed by atoms with E-state index in [1.165, 1.54) is 17.7 Å². The topological polar surface area (TPSA) is 74.3 Å². The smallest absolute Gasteiger partial charge is 0.311 e. The molecular weight excluding hydrogens is 394 g/mol. The minimum atomic E-state index is -0.254. The van der Waals surface area contributed by atoms with Crippen molar-refractivity contribution in [2.24, 2.45) is 11.8 Å². The van der Waals surface area contributed by atoms with E-state index < -0.39 is 0 Å². The summed E-state index contributed by atoms with van der Waals surface area (Å²) in [5, 5.41) is 15.8. The Morgan fingerprint density at radius 1 is 1.32 bits per heavy atom. The van der Waals surface area contributed by atoms with E-state index in [4.69, 9.17) is 9.47 Å². The molecule has 0 radical (unpaired) electrons. The Labute approximate surface area is 188 Å². The molecule has 0 aromatic heterocycles. The molecule has 2 heterocycles. The van der Waals surface area contributed by atoms with Crippen molar-refractivity contribution in [1.82, 2.24) is 15.3 Å². The van der Waals surface area contributed by atoms with Crippen molar-refractivity contribution >= 4 is 5.97 Å². The Hall–Kier alpha value is -1.73. The number of ether oxygens (including phenoxy) is 2. The van der Waals surface area contributed by atoms with Crippen LogP contribution in [0.3, 0.4) is 0 Å². The summed E-state index contributed by atoms with van der Waals surface area (Å²) in [7, 11) is 1.45. The number of hydrogen-bond acceptors (Lipinski definition) is 7. The third kappa shape index (κ3) is 7.14. The summed E-state index contributed by atoms with van der Waals surface area (Å²) in [4.78, 5) is 14.4. The third-order valence-electron chi connectivity index (χ3n) is 6.29. The molecule has 0 spiro atoms. The summed E-state index contributed by atoms with van der Waals surface area (Å²) >= 11 is 0. The Bertz CT molecular complexity index is 660. The maximum atomic E-state index is 12.2. The summed E-state index contributed by atoms with van der Waals surface area (Å²) in [5.41, 5.74) is 2.06. The Morgan fingerprint density at radius 2 is 1.94 bits per heavy atom. The van der Waals surface area contributed by atoms with Crippen molar-refractivity contribution in [3.63, 3.8) is 0 Å². The highest BCUT2D eigenvalue weighted by Crippen LogP contribution is 2.30. The van der Waals surface area contributed by atoms with E-state index in [0.717, 1.165) is 38.0 Å². The predicted molar refractivity (Wildman–Crippen MR) is 122 cm³/mol. The van der Waals surface area contributed by atoms with Crippen molar-refractivity contribution in [2.75, 3.05) is 26.7 Å². The van der Waals surface area contributed by atoms with Gasteiger partial charge < -0.3 is 24.9 Å². The molecule has 31 heavy (non-hydrogen) atoms. The van der Waals surface area contributed by atoms with Gasteiger partial charge in [0.2, 0.25) is 0 Å². The van der Waals surface area contributed by atoms with E-state index in [1.807, 2.05) is 20.8 Å². The van der Waals surface area contributed by atoms with Crippen molar-refractivity contribution in [2.45, 2.75) is 84.9 Å². The van der Waals surface area contributed by atoms with Gasteiger partial charge in [0.25, 0.3) is 0 Å². The average molecular weight is 438 g/mol. The maximum Gasteiger partial charge on any atom is 0.311 e. The standard InChI is InChI=1S/C24H43N3O4/c1-16(2)22-20(23(28)30-8)15-17(3)21(25-22)11-14-27(29)19-9-12-26(13-10-19)18(4)31-24(5,6)7/h16,19-20,22,25,29H,4,9-15H2,1-3,5-8H3/t20-,22-/m0/s1. The lowest BCUT2D eigenvalue weighted by Gasteiger charge is -2.39. The summed E-state index contributed by atoms with van der Waals surface area (Å²) in [6, 6.07) is 0.183. The summed E-state index contributed by atoms with van der Waals surface area (Å²) in [6.07, 6.45) is 3.18. The van der Waals surface area contributed by atoms with Crippen LogP contribution in [0.25, 0.3) is 0 Å². The zero-order valence-corrected chi connectivity index (χ0v) is 20.5. The Balaban J connectivity index is 1.87. The molecule has 0 amide bonds. The van der Waals surface area contributed by atoms with Crippen LogP contribution in [-0.2, 0) is 14.3 Å². The molecule has 0 saturated carbocycles. The van der Waals surface area contributed by atoms with Gasteiger partial charge in [0.05, 0.1) is 13.0 Å². The minimum absolute atomic E-state index is 0.0513. The second kappa shape index (κ2) is 10.7. The first-order chi connectivity index (χ1) is 14.4. The van der Waals surface area contributed by atoms with Gasteiger partial charge >= 0.3 is 5.97 Å². The van der Waals surface area contributed by atoms with Crippen LogP contribution < -0.4 is 5.32 Å². The number of esters is 1. The van der Waals surface area contributed by atoms with Crippen LogP contribution in [0, 0.1) is 11.8 Å². The molecule has 0 unspecified atom stereocenters. The molecule has 178 valence electrons. The first-order valence-corrected chi connectivity index (χ1v) is 11.5. The average Bonchev–Trinajstić information content (AvgIpc) is 2.70. The van der Waals surface area contributed by atoms with Crippen molar-refractivity contribution < 1.29 is 19.5 Å². The van der Waals surface area contributed by atoms with Crippen LogP contribution in [0.15, 0.2) is 23.7 Å². The fraction of sp³-hybridized carbons (Fsp3) is 0.792. The third-order valence-corrected chi connectivity index (χ3v) is 6.29. The lowest BCUT2D eigenvalue weighted by Crippen LogP contribution is -2.48. The number of carbonyl (C=O) groups excluding carboxylic acids is 1. The van der Waals surface area contributed by atoms with Crippen LogP contribution in [-0.4, -0.2) is 65.6 Å². The summed E-state index contributed by atoms with van der Waals surface area (Å²) in [6.45, 7) is 18.7. The second-order valence-corrected chi connectivity index (χ2v) is 10.2. The molecular formula is C24H43N3O4. The van der Waals surface area contributed by atoms with Crippen molar-refractivity contribution in [3.8, 4) is 0 Å². The van der Waals surface area contributed by atoms with Gasteiger partial charge in [-0.3, -0.25) is 4.79 Å². The van der Waals surface area contributed by atoms with Crippen LogP contribution in [0.2, 0.25) is 0 Å². The van der Waals surface area contributed by atoms with Gasteiger partial charge in [-0.05, 0) is 59.5 Å². The quantitative estimate of drug-likeness (QED) is 0.339. The predicted octanol–water partition coefficient (Wildman–Crippen LogP) is 3.90. The first kappa shape index (κ1) is 25.5. The number of methoxy groups -OCH3 is 1. The number of likely N-dealkylation sites (tertiary alicyclic amines) is 1. The van der Waals surface area contributed by atoms with Crippen LogP contribution >= 0.6 is 0 Å². The zero-order chi connectivity index (χ0) is 23.3. The highest BCUT2D eigenvalue weighted by molar-refractivity contribution is 5.74. The highest BCUT2D eigenvalue weighted by atomic mass is 16.5. The van der Waals surface area contributed by atoms with Crippen LogP contribution in [0.1, 0.15) is 67.2 Å². The van der Waals surface area contributed by atoms with Gasteiger partial charge in [-0.1, -0.05) is 19.4 Å². The van der Waals surface area contributed by atoms with Gasteiger partial charge in [-0.15, -0.1) is 0 Å². The Morgan fingerprint density at radius 3 is 2.45 bits per heavy atom. The van der Waals surface area contributed by atoms with E-state index in [-0.39, 0.29) is 29.6 Å². The number of nitrogens with one attached hydrogen (secondary N) is 1. The molecule has 2 aliphatic rings. The summed E-state index contributed by atoms with van der Waals surface area (Å²) < 4.78 is 10.9. The maximum absolute atomic E-state index is 12.2. The molecule has 7 heteroatoms. The molecule has 0 aromatic rings. The van der Waals surface area contributed by atoms with Crippen LogP contribution in [0.4, 0.5) is 0 Å². The minimum Gasteiger partial charge on any atom is -0.474 e. The monoisotopic (exact) mass is 437 g/mol. The van der Waals surface area contributed by atoms with E-state index >= 15 is 0 Å². The molecule has 1 saturated heterocycles. The number of rotatable bonds is 8. The van der Waals surface area contributed by atoms with Gasteiger partial charge in [0.15, 0.2) is 5.88 Å². The molecule has 2 N–H and O–H groups in total. The molecule has 1 fully saturated rings. The van der Waals surface area contributed by atoms with Gasteiger partial charge in [-0.2, -0.15) is 5.06 Å². The Kier molecular flexibility index (Phi) is 8.83. The number of hydroxylamine groups is 2. The largest absolute Gasteiger partial charge is 0.474 e. The van der Waals surface area contributed by atoms with Crippen molar-refractivity contribution in [1.29, 1.82) is 0 Å². The molecule has 2 atom stereocenters. The lowest BCUT2D eigenvalue weighted by atomic mass is 9.81. The normalized spacial score (nSPS) is 23.2. The van der Waals surface area contributed by atoms with Gasteiger partial charge in [0.1, 0.15) is 5.60 Å². The van der Waals surface area contributed by atoms with E-state index in [0.29, 0.717) is 24.8 Å². The zero-order valence-electron chi connectivity index (χ0n) is 20.5. The number of allylic oxidation sites excluding steroid dienone is 1. The fourth-order valence-electron chi connectivity index (χ4n) is 4.54. The number of carbonyl (C=O) groups is 1. The van der Waals surface area contributed by atoms with Crippen molar-refractivity contribution in [3.05, 3.63) is 23.7 Å². The van der Waals surface area contributed by atoms with Gasteiger partial charge in [0, 0.05) is 43.8 Å². The number of piperidine rings is 1. The summed E-state index contributed by atoms with van der Waals surface area (Å²) in [5.74, 6) is 0.705.